The maximum atomic E-state index is 12.5. The van der Waals surface area contributed by atoms with Crippen LogP contribution in [0, 0.1) is 0 Å². The lowest BCUT2D eigenvalue weighted by atomic mass is 9.98. The highest BCUT2D eigenvalue weighted by atomic mass is 16.5. The SMILES string of the molecule is C=CC[C@H](NC(=O)OCC1c2ccccc2-c2ccccc21)C(=O)N[C@@H](CC(N)=O)C(=O)O. The number of hydrogen-bond acceptors (Lipinski definition) is 5. The molecule has 0 bridgehead atoms. The number of alkyl carbamates (subject to hydrolysis) is 1. The number of fused-ring (bicyclic) bond motifs is 3. The Kier molecular flexibility index (Phi) is 7.45. The van der Waals surface area contributed by atoms with Crippen molar-refractivity contribution >= 4 is 23.9 Å². The van der Waals surface area contributed by atoms with Gasteiger partial charge in [0.1, 0.15) is 18.7 Å². The summed E-state index contributed by atoms with van der Waals surface area (Å²) in [5.74, 6) is -3.24. The summed E-state index contributed by atoms with van der Waals surface area (Å²) in [7, 11) is 0. The van der Waals surface area contributed by atoms with Crippen LogP contribution >= 0.6 is 0 Å². The maximum Gasteiger partial charge on any atom is 0.407 e. The molecule has 0 saturated carbocycles. The van der Waals surface area contributed by atoms with Crippen LogP contribution in [0.1, 0.15) is 29.9 Å². The molecule has 0 saturated heterocycles. The first kappa shape index (κ1) is 23.5. The van der Waals surface area contributed by atoms with Gasteiger partial charge in [-0.3, -0.25) is 9.59 Å². The van der Waals surface area contributed by atoms with Crippen molar-refractivity contribution in [1.82, 2.24) is 10.6 Å². The molecular formula is C24H25N3O6. The van der Waals surface area contributed by atoms with Gasteiger partial charge >= 0.3 is 12.1 Å². The van der Waals surface area contributed by atoms with E-state index >= 15 is 0 Å². The topological polar surface area (TPSA) is 148 Å². The Morgan fingerprint density at radius 3 is 2.09 bits per heavy atom. The number of rotatable bonds is 10. The minimum atomic E-state index is -1.51. The Morgan fingerprint density at radius 1 is 1.00 bits per heavy atom. The summed E-state index contributed by atoms with van der Waals surface area (Å²) in [6.45, 7) is 3.61. The first-order valence-corrected chi connectivity index (χ1v) is 10.4. The van der Waals surface area contributed by atoms with Crippen LogP contribution in [0.5, 0.6) is 0 Å². The highest BCUT2D eigenvalue weighted by molar-refractivity contribution is 5.91. The van der Waals surface area contributed by atoms with E-state index in [1.165, 1.54) is 6.08 Å². The van der Waals surface area contributed by atoms with Gasteiger partial charge in [-0.2, -0.15) is 0 Å². The first-order valence-electron chi connectivity index (χ1n) is 10.4. The van der Waals surface area contributed by atoms with Gasteiger partial charge < -0.3 is 26.2 Å². The molecule has 9 heteroatoms. The van der Waals surface area contributed by atoms with Crippen LogP contribution in [-0.4, -0.2) is 47.7 Å². The second kappa shape index (κ2) is 10.4. The fraction of sp³-hybridized carbons (Fsp3) is 0.250. The minimum Gasteiger partial charge on any atom is -0.480 e. The second-order valence-corrected chi connectivity index (χ2v) is 7.62. The molecule has 3 rings (SSSR count). The van der Waals surface area contributed by atoms with Gasteiger partial charge in [0.2, 0.25) is 11.8 Å². The summed E-state index contributed by atoms with van der Waals surface area (Å²) in [4.78, 5) is 47.3. The molecule has 33 heavy (non-hydrogen) atoms. The van der Waals surface area contributed by atoms with Gasteiger partial charge in [0.25, 0.3) is 0 Å². The van der Waals surface area contributed by atoms with Crippen LogP contribution in [0.3, 0.4) is 0 Å². The zero-order valence-corrected chi connectivity index (χ0v) is 17.8. The smallest absolute Gasteiger partial charge is 0.407 e. The monoisotopic (exact) mass is 451 g/mol. The Bertz CT molecular complexity index is 1040. The molecule has 0 aromatic heterocycles. The molecule has 0 heterocycles. The van der Waals surface area contributed by atoms with Crippen LogP contribution < -0.4 is 16.4 Å². The Hall–Kier alpha value is -4.14. The number of primary amides is 1. The van der Waals surface area contributed by atoms with Crippen molar-refractivity contribution in [1.29, 1.82) is 0 Å². The van der Waals surface area contributed by atoms with Gasteiger partial charge in [0.05, 0.1) is 6.42 Å². The predicted molar refractivity (Wildman–Crippen MR) is 120 cm³/mol. The molecule has 0 fully saturated rings. The largest absolute Gasteiger partial charge is 0.480 e. The molecule has 2 aromatic carbocycles. The number of carbonyl (C=O) groups excluding carboxylic acids is 3. The second-order valence-electron chi connectivity index (χ2n) is 7.62. The molecule has 172 valence electrons. The molecule has 1 aliphatic rings. The zero-order valence-electron chi connectivity index (χ0n) is 17.8. The van der Waals surface area contributed by atoms with E-state index in [0.717, 1.165) is 22.3 Å². The van der Waals surface area contributed by atoms with Crippen LogP contribution in [0.2, 0.25) is 0 Å². The number of amides is 3. The number of carboxylic acid groups (broad SMARTS) is 1. The third-order valence-electron chi connectivity index (χ3n) is 5.37. The quantitative estimate of drug-likeness (QED) is 0.406. The molecule has 3 amide bonds. The van der Waals surface area contributed by atoms with E-state index < -0.39 is 42.4 Å². The Morgan fingerprint density at radius 2 is 1.58 bits per heavy atom. The van der Waals surface area contributed by atoms with Gasteiger partial charge in [-0.1, -0.05) is 54.6 Å². The summed E-state index contributed by atoms with van der Waals surface area (Å²) < 4.78 is 5.43. The summed E-state index contributed by atoms with van der Waals surface area (Å²) >= 11 is 0. The van der Waals surface area contributed by atoms with Gasteiger partial charge in [-0.25, -0.2) is 9.59 Å². The number of carboxylic acids is 1. The predicted octanol–water partition coefficient (Wildman–Crippen LogP) is 1.91. The first-order chi connectivity index (χ1) is 15.8. The summed E-state index contributed by atoms with van der Waals surface area (Å²) in [6, 6.07) is 13.1. The molecule has 2 atom stereocenters. The number of carbonyl (C=O) groups is 4. The van der Waals surface area contributed by atoms with Crippen molar-refractivity contribution in [3.05, 3.63) is 72.3 Å². The average molecular weight is 451 g/mol. The summed E-state index contributed by atoms with van der Waals surface area (Å²) in [5, 5.41) is 13.8. The fourth-order valence-corrected chi connectivity index (χ4v) is 3.85. The maximum absolute atomic E-state index is 12.5. The molecule has 0 radical (unpaired) electrons. The number of nitrogens with two attached hydrogens (primary N) is 1. The molecule has 9 nitrogen and oxygen atoms in total. The number of aliphatic carboxylic acids is 1. The van der Waals surface area contributed by atoms with E-state index in [-0.39, 0.29) is 18.9 Å². The molecule has 0 unspecified atom stereocenters. The zero-order chi connectivity index (χ0) is 24.0. The highest BCUT2D eigenvalue weighted by Crippen LogP contribution is 2.44. The normalized spacial score (nSPS) is 13.7. The van der Waals surface area contributed by atoms with E-state index in [1.807, 2.05) is 48.5 Å². The molecule has 0 spiro atoms. The van der Waals surface area contributed by atoms with Gasteiger partial charge in [-0.05, 0) is 28.7 Å². The van der Waals surface area contributed by atoms with Crippen LogP contribution in [0.25, 0.3) is 11.1 Å². The Balaban J connectivity index is 1.65. The lowest BCUT2D eigenvalue weighted by Gasteiger charge is -2.20. The van der Waals surface area contributed by atoms with Crippen molar-refractivity contribution < 1.29 is 29.0 Å². The average Bonchev–Trinajstić information content (AvgIpc) is 3.10. The van der Waals surface area contributed by atoms with Crippen molar-refractivity contribution in [2.45, 2.75) is 30.8 Å². The van der Waals surface area contributed by atoms with E-state index in [2.05, 4.69) is 17.2 Å². The molecule has 2 aromatic rings. The third-order valence-corrected chi connectivity index (χ3v) is 5.37. The minimum absolute atomic E-state index is 0.0267. The molecule has 1 aliphatic carbocycles. The number of hydrogen-bond donors (Lipinski definition) is 4. The summed E-state index contributed by atoms with van der Waals surface area (Å²) in [5.41, 5.74) is 9.29. The van der Waals surface area contributed by atoms with Crippen molar-refractivity contribution in [3.8, 4) is 11.1 Å². The van der Waals surface area contributed by atoms with Crippen LogP contribution in [0.4, 0.5) is 4.79 Å². The highest BCUT2D eigenvalue weighted by Gasteiger charge is 2.30. The number of ether oxygens (including phenoxy) is 1. The van der Waals surface area contributed by atoms with E-state index in [0.29, 0.717) is 0 Å². The standard InChI is InChI=1S/C24H25N3O6/c1-2-7-19(22(29)26-20(23(30)31)12-21(25)28)27-24(32)33-13-18-16-10-5-3-8-14(16)15-9-4-6-11-17(15)18/h2-6,8-11,18-20H,1,7,12-13H2,(H2,25,28)(H,26,29)(H,27,32)(H,30,31)/t19-,20-/m0/s1. The van der Waals surface area contributed by atoms with E-state index in [1.54, 1.807) is 0 Å². The van der Waals surface area contributed by atoms with E-state index in [4.69, 9.17) is 10.5 Å². The number of benzene rings is 2. The molecular weight excluding hydrogens is 426 g/mol. The Labute approximate surface area is 190 Å². The van der Waals surface area contributed by atoms with Crippen molar-refractivity contribution in [2.75, 3.05) is 6.61 Å². The lowest BCUT2D eigenvalue weighted by Crippen LogP contribution is -2.52. The number of nitrogens with one attached hydrogen (secondary N) is 2. The van der Waals surface area contributed by atoms with Crippen LogP contribution in [-0.2, 0) is 19.1 Å². The van der Waals surface area contributed by atoms with Crippen molar-refractivity contribution in [3.63, 3.8) is 0 Å². The third kappa shape index (κ3) is 5.57. The van der Waals surface area contributed by atoms with Gasteiger partial charge in [-0.15, -0.1) is 6.58 Å². The fourth-order valence-electron chi connectivity index (χ4n) is 3.85. The van der Waals surface area contributed by atoms with Gasteiger partial charge in [0.15, 0.2) is 0 Å². The van der Waals surface area contributed by atoms with Crippen molar-refractivity contribution in [2.24, 2.45) is 5.73 Å². The molecule has 0 aliphatic heterocycles. The summed E-state index contributed by atoms with van der Waals surface area (Å²) in [6.07, 6.45) is 0.0181. The van der Waals surface area contributed by atoms with E-state index in [9.17, 15) is 24.3 Å². The molecule has 5 N–H and O–H groups in total. The van der Waals surface area contributed by atoms with Crippen LogP contribution in [0.15, 0.2) is 61.2 Å². The van der Waals surface area contributed by atoms with Gasteiger partial charge in [0, 0.05) is 5.92 Å². The lowest BCUT2D eigenvalue weighted by molar-refractivity contribution is -0.143.